The number of anilines is 1. The van der Waals surface area contributed by atoms with Gasteiger partial charge in [-0.15, -0.1) is 0 Å². The predicted octanol–water partition coefficient (Wildman–Crippen LogP) is 1.74. The van der Waals surface area contributed by atoms with Crippen molar-refractivity contribution in [2.75, 3.05) is 4.72 Å². The number of hydrogen-bond acceptors (Lipinski definition) is 5. The Balaban J connectivity index is 2.53. The van der Waals surface area contributed by atoms with Crippen molar-refractivity contribution in [2.24, 2.45) is 0 Å². The lowest BCUT2D eigenvalue weighted by atomic mass is 10.1. The van der Waals surface area contributed by atoms with Gasteiger partial charge in [-0.1, -0.05) is 0 Å². The maximum Gasteiger partial charge on any atom is 0.271 e. The van der Waals surface area contributed by atoms with Crippen molar-refractivity contribution >= 4 is 21.7 Å². The first-order valence-electron chi connectivity index (χ1n) is 5.59. The van der Waals surface area contributed by atoms with Crippen LogP contribution in [0.2, 0.25) is 0 Å². The molecule has 0 aliphatic rings. The van der Waals surface area contributed by atoms with Crippen LogP contribution in [0.5, 0.6) is 0 Å². The quantitative estimate of drug-likeness (QED) is 0.658. The number of H-pyrrole nitrogens is 1. The zero-order valence-electron chi connectivity index (χ0n) is 10.7. The molecule has 1 aromatic carbocycles. The zero-order chi connectivity index (χ0) is 14.9. The van der Waals surface area contributed by atoms with Crippen molar-refractivity contribution in [1.29, 1.82) is 0 Å². The van der Waals surface area contributed by atoms with Crippen LogP contribution in [-0.2, 0) is 10.0 Å². The van der Waals surface area contributed by atoms with Gasteiger partial charge in [0.05, 0.1) is 9.82 Å². The largest absolute Gasteiger partial charge is 0.330 e. The summed E-state index contributed by atoms with van der Waals surface area (Å²) < 4.78 is 26.7. The van der Waals surface area contributed by atoms with Gasteiger partial charge in [-0.25, -0.2) is 18.1 Å². The van der Waals surface area contributed by atoms with Gasteiger partial charge in [-0.3, -0.25) is 10.1 Å². The summed E-state index contributed by atoms with van der Waals surface area (Å²) in [4.78, 5) is 16.4. The number of nitro groups is 1. The lowest BCUT2D eigenvalue weighted by Crippen LogP contribution is -2.16. The Bertz CT molecular complexity index is 753. The molecule has 0 bridgehead atoms. The summed E-state index contributed by atoms with van der Waals surface area (Å²) in [5, 5.41) is 10.8. The monoisotopic (exact) mass is 296 g/mol. The topological polar surface area (TPSA) is 118 Å². The molecule has 0 atom stereocenters. The highest BCUT2D eigenvalue weighted by Gasteiger charge is 2.23. The van der Waals surface area contributed by atoms with Gasteiger partial charge in [0.25, 0.3) is 15.7 Å². The number of nitrogens with one attached hydrogen (secondary N) is 2. The number of aromatic nitrogens is 2. The second-order valence-electron chi connectivity index (χ2n) is 4.19. The van der Waals surface area contributed by atoms with E-state index in [-0.39, 0.29) is 16.5 Å². The van der Waals surface area contributed by atoms with E-state index in [4.69, 9.17) is 0 Å². The highest BCUT2D eigenvalue weighted by Crippen LogP contribution is 2.26. The molecule has 1 aromatic heterocycles. The summed E-state index contributed by atoms with van der Waals surface area (Å²) in [5.74, 6) is 0.0496. The molecular formula is C11H12N4O4S. The zero-order valence-corrected chi connectivity index (χ0v) is 11.6. The smallest absolute Gasteiger partial charge is 0.271 e. The number of rotatable bonds is 4. The fourth-order valence-corrected chi connectivity index (χ4v) is 3.01. The molecule has 0 aliphatic carbocycles. The molecule has 0 amide bonds. The van der Waals surface area contributed by atoms with Gasteiger partial charge in [0.2, 0.25) is 5.95 Å². The van der Waals surface area contributed by atoms with Gasteiger partial charge in [-0.2, -0.15) is 0 Å². The highest BCUT2D eigenvalue weighted by atomic mass is 32.2. The molecule has 0 unspecified atom stereocenters. The van der Waals surface area contributed by atoms with E-state index in [0.29, 0.717) is 11.1 Å². The minimum Gasteiger partial charge on any atom is -0.330 e. The van der Waals surface area contributed by atoms with E-state index < -0.39 is 14.9 Å². The molecule has 1 heterocycles. The highest BCUT2D eigenvalue weighted by molar-refractivity contribution is 7.92. The van der Waals surface area contributed by atoms with Crippen LogP contribution in [0.1, 0.15) is 11.1 Å². The lowest BCUT2D eigenvalue weighted by Gasteiger charge is -2.10. The molecule has 0 saturated carbocycles. The minimum absolute atomic E-state index is 0.0496. The van der Waals surface area contributed by atoms with E-state index >= 15 is 0 Å². The standard InChI is InChI=1S/C11H12N4O4S/c1-7-5-9(15(16)17)6-10(8(7)2)20(18,19)14-11-12-3-4-13-11/h3-6H,1-2H3,(H2,12,13,14). The molecule has 2 aromatic rings. The van der Waals surface area contributed by atoms with Crippen LogP contribution in [0, 0.1) is 24.0 Å². The van der Waals surface area contributed by atoms with Crippen LogP contribution in [0.25, 0.3) is 0 Å². The van der Waals surface area contributed by atoms with E-state index in [1.54, 1.807) is 13.8 Å². The molecule has 2 N–H and O–H groups in total. The van der Waals surface area contributed by atoms with Crippen LogP contribution in [0.15, 0.2) is 29.4 Å². The van der Waals surface area contributed by atoms with Crippen LogP contribution in [0.4, 0.5) is 11.6 Å². The summed E-state index contributed by atoms with van der Waals surface area (Å²) in [5.41, 5.74) is 0.710. The van der Waals surface area contributed by atoms with Crippen LogP contribution < -0.4 is 4.72 Å². The van der Waals surface area contributed by atoms with Crippen molar-refractivity contribution in [2.45, 2.75) is 18.7 Å². The van der Waals surface area contributed by atoms with E-state index in [1.165, 1.54) is 18.5 Å². The Morgan fingerprint density at radius 2 is 2.05 bits per heavy atom. The molecule has 0 fully saturated rings. The van der Waals surface area contributed by atoms with Gasteiger partial charge >= 0.3 is 0 Å². The summed E-state index contributed by atoms with van der Waals surface area (Å²) >= 11 is 0. The molecule has 0 spiro atoms. The molecule has 0 aliphatic heterocycles. The van der Waals surface area contributed by atoms with Gasteiger partial charge < -0.3 is 4.98 Å². The summed E-state index contributed by atoms with van der Waals surface area (Å²) in [7, 11) is -3.94. The first-order valence-corrected chi connectivity index (χ1v) is 7.07. The molecule has 2 rings (SSSR count). The molecule has 106 valence electrons. The fraction of sp³-hybridized carbons (Fsp3) is 0.182. The normalized spacial score (nSPS) is 11.3. The summed E-state index contributed by atoms with van der Waals surface area (Å²) in [6, 6.07) is 2.37. The molecule has 9 heteroatoms. The van der Waals surface area contributed by atoms with Crippen LogP contribution >= 0.6 is 0 Å². The number of hydrogen-bond donors (Lipinski definition) is 2. The fourth-order valence-electron chi connectivity index (χ4n) is 1.70. The number of sulfonamides is 1. The second-order valence-corrected chi connectivity index (χ2v) is 5.84. The van der Waals surface area contributed by atoms with Gasteiger partial charge in [0.15, 0.2) is 0 Å². The Morgan fingerprint density at radius 3 is 2.60 bits per heavy atom. The van der Waals surface area contributed by atoms with E-state index in [9.17, 15) is 18.5 Å². The van der Waals surface area contributed by atoms with Crippen molar-refractivity contribution < 1.29 is 13.3 Å². The SMILES string of the molecule is Cc1cc([N+](=O)[O-])cc(S(=O)(=O)Nc2ncc[nH]2)c1C. The lowest BCUT2D eigenvalue weighted by molar-refractivity contribution is -0.385. The number of aryl methyl sites for hydroxylation is 1. The van der Waals surface area contributed by atoms with Crippen molar-refractivity contribution in [1.82, 2.24) is 9.97 Å². The van der Waals surface area contributed by atoms with Gasteiger partial charge in [0, 0.05) is 24.5 Å². The van der Waals surface area contributed by atoms with E-state index in [1.807, 2.05) is 0 Å². The summed E-state index contributed by atoms with van der Waals surface area (Å²) in [6.45, 7) is 3.21. The number of benzene rings is 1. The third-order valence-corrected chi connectivity index (χ3v) is 4.30. The molecule has 0 radical (unpaired) electrons. The number of nitrogens with zero attached hydrogens (tertiary/aromatic N) is 2. The number of imidazole rings is 1. The summed E-state index contributed by atoms with van der Waals surface area (Å²) in [6.07, 6.45) is 2.85. The Morgan fingerprint density at radius 1 is 1.35 bits per heavy atom. The van der Waals surface area contributed by atoms with E-state index in [2.05, 4.69) is 14.7 Å². The minimum atomic E-state index is -3.94. The average Bonchev–Trinajstić information content (AvgIpc) is 2.83. The van der Waals surface area contributed by atoms with Gasteiger partial charge in [-0.05, 0) is 25.0 Å². The molecule has 0 saturated heterocycles. The van der Waals surface area contributed by atoms with Crippen molar-refractivity contribution in [3.05, 3.63) is 45.8 Å². The Hall–Kier alpha value is -2.42. The van der Waals surface area contributed by atoms with Crippen LogP contribution in [0.3, 0.4) is 0 Å². The maximum atomic E-state index is 12.3. The average molecular weight is 296 g/mol. The second kappa shape index (κ2) is 4.93. The predicted molar refractivity (Wildman–Crippen MR) is 72.0 cm³/mol. The van der Waals surface area contributed by atoms with E-state index in [0.717, 1.165) is 6.07 Å². The third-order valence-electron chi connectivity index (χ3n) is 2.83. The first-order chi connectivity index (χ1) is 9.31. The van der Waals surface area contributed by atoms with Crippen LogP contribution in [-0.4, -0.2) is 23.3 Å². The number of non-ortho nitro benzene ring substituents is 1. The molecule has 8 nitrogen and oxygen atoms in total. The van der Waals surface area contributed by atoms with Crippen molar-refractivity contribution in [3.63, 3.8) is 0 Å². The number of aromatic amines is 1. The maximum absolute atomic E-state index is 12.3. The van der Waals surface area contributed by atoms with Gasteiger partial charge in [0.1, 0.15) is 0 Å². The van der Waals surface area contributed by atoms with Crippen molar-refractivity contribution in [3.8, 4) is 0 Å². The molecular weight excluding hydrogens is 284 g/mol. The Labute approximate surface area is 115 Å². The molecule has 20 heavy (non-hydrogen) atoms. The Kier molecular flexibility index (Phi) is 3.45. The number of nitro benzene ring substituents is 1. The first kappa shape index (κ1) is 14.0. The third kappa shape index (κ3) is 2.62.